The van der Waals surface area contributed by atoms with E-state index in [0.29, 0.717) is 30.4 Å². The number of carbonyl (C=O) groups is 3. The number of nitrogens with one attached hydrogen (secondary N) is 2. The lowest BCUT2D eigenvalue weighted by Gasteiger charge is -2.37. The molecule has 1 saturated carbocycles. The number of rotatable bonds is 9. The average molecular weight is 527 g/mol. The molecule has 1 aromatic rings. The second-order valence-corrected chi connectivity index (χ2v) is 11.3. The van der Waals surface area contributed by atoms with Gasteiger partial charge in [-0.05, 0) is 30.2 Å². The average Bonchev–Trinajstić information content (AvgIpc) is 3.34. The Morgan fingerprint density at radius 3 is 2.41 bits per heavy atom. The Hall–Kier alpha value is -2.82. The number of hydroxylamine groups is 2. The molecule has 1 aliphatic carbocycles. The SMILES string of the molecule is CN1CCC(NC(=O)[C@@H](NC(=O)[C@H](CC2CCCC2)CN(O)C=O)C(C)(C)C)c2cc(F)c(F)c(F)c21. The smallest absolute Gasteiger partial charge is 0.243 e. The molecule has 1 aliphatic heterocycles. The van der Waals surface area contributed by atoms with Gasteiger partial charge < -0.3 is 15.5 Å². The number of halogens is 3. The molecule has 3 rings (SSSR count). The van der Waals surface area contributed by atoms with Crippen LogP contribution in [0.3, 0.4) is 0 Å². The van der Waals surface area contributed by atoms with Gasteiger partial charge in [-0.15, -0.1) is 0 Å². The van der Waals surface area contributed by atoms with Crippen LogP contribution in [0.25, 0.3) is 0 Å². The zero-order valence-electron chi connectivity index (χ0n) is 21.8. The van der Waals surface area contributed by atoms with E-state index in [-0.39, 0.29) is 24.2 Å². The van der Waals surface area contributed by atoms with Crippen LogP contribution < -0.4 is 15.5 Å². The molecule has 1 fully saturated rings. The zero-order chi connectivity index (χ0) is 27.5. The third-order valence-electron chi connectivity index (χ3n) is 7.40. The summed E-state index contributed by atoms with van der Waals surface area (Å²) in [5, 5.41) is 15.8. The van der Waals surface area contributed by atoms with Gasteiger partial charge in [0.1, 0.15) is 6.04 Å². The van der Waals surface area contributed by atoms with Gasteiger partial charge in [0.15, 0.2) is 17.5 Å². The van der Waals surface area contributed by atoms with Crippen LogP contribution in [0.5, 0.6) is 0 Å². The van der Waals surface area contributed by atoms with E-state index in [9.17, 15) is 32.8 Å². The number of hydrogen-bond acceptors (Lipinski definition) is 5. The third-order valence-corrected chi connectivity index (χ3v) is 7.40. The first kappa shape index (κ1) is 28.7. The normalized spacial score (nSPS) is 19.7. The summed E-state index contributed by atoms with van der Waals surface area (Å²) < 4.78 is 42.5. The number of carbonyl (C=O) groups excluding carboxylic acids is 3. The van der Waals surface area contributed by atoms with Crippen molar-refractivity contribution in [2.24, 2.45) is 17.3 Å². The second kappa shape index (κ2) is 11.7. The van der Waals surface area contributed by atoms with Crippen LogP contribution >= 0.6 is 0 Å². The van der Waals surface area contributed by atoms with Crippen LogP contribution in [0, 0.1) is 34.7 Å². The molecule has 11 heteroatoms. The van der Waals surface area contributed by atoms with Gasteiger partial charge in [0.25, 0.3) is 0 Å². The highest BCUT2D eigenvalue weighted by Crippen LogP contribution is 2.38. The quantitative estimate of drug-likeness (QED) is 0.197. The van der Waals surface area contributed by atoms with Crippen molar-refractivity contribution in [2.45, 2.75) is 71.4 Å². The van der Waals surface area contributed by atoms with Crippen molar-refractivity contribution in [3.8, 4) is 0 Å². The van der Waals surface area contributed by atoms with Gasteiger partial charge in [0.05, 0.1) is 24.2 Å². The molecule has 2 aliphatic rings. The first-order valence-electron chi connectivity index (χ1n) is 12.7. The molecule has 0 bridgehead atoms. The predicted octanol–water partition coefficient (Wildman–Crippen LogP) is 3.68. The summed E-state index contributed by atoms with van der Waals surface area (Å²) in [5.74, 6) is -5.67. The molecule has 1 heterocycles. The van der Waals surface area contributed by atoms with E-state index >= 15 is 0 Å². The number of benzene rings is 1. The highest BCUT2D eigenvalue weighted by Gasteiger charge is 2.38. The predicted molar refractivity (Wildman–Crippen MR) is 131 cm³/mol. The molecule has 3 atom stereocenters. The van der Waals surface area contributed by atoms with E-state index in [1.165, 1.54) is 4.90 Å². The van der Waals surface area contributed by atoms with Crippen LogP contribution in [0.15, 0.2) is 6.07 Å². The molecule has 0 saturated heterocycles. The van der Waals surface area contributed by atoms with Crippen molar-refractivity contribution < 1.29 is 32.8 Å². The zero-order valence-corrected chi connectivity index (χ0v) is 21.8. The van der Waals surface area contributed by atoms with Crippen LogP contribution in [0.2, 0.25) is 0 Å². The monoisotopic (exact) mass is 526 g/mol. The molecule has 3 amide bonds. The van der Waals surface area contributed by atoms with Gasteiger partial charge in [-0.25, -0.2) is 18.2 Å². The van der Waals surface area contributed by atoms with Crippen LogP contribution in [-0.2, 0) is 14.4 Å². The van der Waals surface area contributed by atoms with E-state index in [1.807, 2.05) is 0 Å². The van der Waals surface area contributed by atoms with E-state index in [1.54, 1.807) is 27.8 Å². The largest absolute Gasteiger partial charge is 0.372 e. The fourth-order valence-corrected chi connectivity index (χ4v) is 5.37. The van der Waals surface area contributed by atoms with Crippen LogP contribution in [0.4, 0.5) is 18.9 Å². The molecular weight excluding hydrogens is 489 g/mol. The van der Waals surface area contributed by atoms with E-state index in [4.69, 9.17) is 0 Å². The number of amides is 3. The summed E-state index contributed by atoms with van der Waals surface area (Å²) in [5.41, 5.74) is -0.728. The molecule has 3 N–H and O–H groups in total. The summed E-state index contributed by atoms with van der Waals surface area (Å²) in [6.07, 6.45) is 5.08. The molecular formula is C26H37F3N4O4. The maximum absolute atomic E-state index is 14.5. The van der Waals surface area contributed by atoms with Crippen molar-refractivity contribution in [3.63, 3.8) is 0 Å². The maximum Gasteiger partial charge on any atom is 0.243 e. The minimum Gasteiger partial charge on any atom is -0.372 e. The van der Waals surface area contributed by atoms with Gasteiger partial charge in [0.2, 0.25) is 18.2 Å². The molecule has 1 aromatic carbocycles. The fourth-order valence-electron chi connectivity index (χ4n) is 5.37. The van der Waals surface area contributed by atoms with E-state index in [0.717, 1.165) is 31.7 Å². The first-order chi connectivity index (χ1) is 17.3. The highest BCUT2D eigenvalue weighted by molar-refractivity contribution is 5.89. The Kier molecular flexibility index (Phi) is 9.09. The molecule has 8 nitrogen and oxygen atoms in total. The lowest BCUT2D eigenvalue weighted by atomic mass is 9.84. The summed E-state index contributed by atoms with van der Waals surface area (Å²) in [4.78, 5) is 39.2. The summed E-state index contributed by atoms with van der Waals surface area (Å²) in [6.45, 7) is 5.41. The van der Waals surface area contributed by atoms with E-state index in [2.05, 4.69) is 10.6 Å². The Morgan fingerprint density at radius 2 is 1.81 bits per heavy atom. The second-order valence-electron chi connectivity index (χ2n) is 11.3. The number of anilines is 1. The van der Waals surface area contributed by atoms with Crippen molar-refractivity contribution in [1.29, 1.82) is 0 Å². The molecule has 1 unspecified atom stereocenters. The summed E-state index contributed by atoms with van der Waals surface area (Å²) >= 11 is 0. The van der Waals surface area contributed by atoms with Gasteiger partial charge in [-0.3, -0.25) is 19.6 Å². The van der Waals surface area contributed by atoms with Crippen molar-refractivity contribution in [2.75, 3.05) is 25.0 Å². The maximum atomic E-state index is 14.5. The van der Waals surface area contributed by atoms with Crippen LogP contribution in [-0.4, -0.2) is 54.7 Å². The van der Waals surface area contributed by atoms with Gasteiger partial charge >= 0.3 is 0 Å². The van der Waals surface area contributed by atoms with Crippen molar-refractivity contribution in [1.82, 2.24) is 15.7 Å². The molecule has 0 spiro atoms. The first-order valence-corrected chi connectivity index (χ1v) is 12.7. The standard InChI is InChI=1S/C26H37F3N4O4/c1-26(2,3)23(31-24(35)16(13-33(37)14-34)11-15-7-5-6-8-15)25(36)30-19-9-10-32(4)22-17(19)12-18(27)20(28)21(22)29/h12,14-16,19,23,37H,5-11,13H2,1-4H3,(H,30,36)(H,31,35)/t16-,19?,23-/m1/s1. The van der Waals surface area contributed by atoms with Gasteiger partial charge in [0, 0.05) is 19.2 Å². The summed E-state index contributed by atoms with van der Waals surface area (Å²) in [6, 6.07) is -0.915. The van der Waals surface area contributed by atoms with Gasteiger partial charge in [-0.2, -0.15) is 0 Å². The Labute approximate surface area is 215 Å². The molecule has 0 aromatic heterocycles. The van der Waals surface area contributed by atoms with Gasteiger partial charge in [-0.1, -0.05) is 46.5 Å². The number of hydrogen-bond donors (Lipinski definition) is 3. The van der Waals surface area contributed by atoms with Crippen molar-refractivity contribution in [3.05, 3.63) is 29.1 Å². The van der Waals surface area contributed by atoms with E-state index < -0.39 is 52.7 Å². The Balaban J connectivity index is 1.81. The Bertz CT molecular complexity index is 1010. The fraction of sp³-hybridized carbons (Fsp3) is 0.654. The minimum atomic E-state index is -1.57. The number of nitrogens with zero attached hydrogens (tertiary/aromatic N) is 2. The van der Waals surface area contributed by atoms with Crippen molar-refractivity contribution >= 4 is 23.9 Å². The lowest BCUT2D eigenvalue weighted by molar-refractivity contribution is -0.155. The third kappa shape index (κ3) is 6.74. The minimum absolute atomic E-state index is 0.111. The van der Waals surface area contributed by atoms with Crippen LogP contribution in [0.1, 0.15) is 70.9 Å². The summed E-state index contributed by atoms with van der Waals surface area (Å²) in [7, 11) is 1.56. The highest BCUT2D eigenvalue weighted by atomic mass is 19.2. The molecule has 206 valence electrons. The topological polar surface area (TPSA) is 102 Å². The number of fused-ring (bicyclic) bond motifs is 1. The molecule has 37 heavy (non-hydrogen) atoms. The lowest BCUT2D eigenvalue weighted by Crippen LogP contribution is -2.56. The Morgan fingerprint density at radius 1 is 1.16 bits per heavy atom. The molecule has 0 radical (unpaired) electrons.